The molecule has 0 saturated carbocycles. The van der Waals surface area contributed by atoms with Gasteiger partial charge in [0.15, 0.2) is 5.78 Å². The summed E-state index contributed by atoms with van der Waals surface area (Å²) in [6, 6.07) is 4.83. The molecular weight excluding hydrogens is 574 g/mol. The van der Waals surface area contributed by atoms with Gasteiger partial charge in [-0.3, -0.25) is 4.79 Å². The largest absolute Gasteiger partial charge is 0.417 e. The molecule has 0 fully saturated rings. The SMILES string of the molecule is O=C(CNc1ncccn1)c1ccc(/C(F)=C/[C@H](c2cc(Cl)c(Cl)c(Cl)c2)C(F)(F)F)cc1C(F)(F)F. The summed E-state index contributed by atoms with van der Waals surface area (Å²) >= 11 is 17.3. The Balaban J connectivity index is 1.99. The third-order valence-electron chi connectivity index (χ3n) is 4.90. The number of Topliss-reactive ketones (excluding diaryl/α,β-unsaturated/α-hetero) is 1. The summed E-state index contributed by atoms with van der Waals surface area (Å²) in [5.74, 6) is -5.29. The molecule has 3 rings (SSSR count). The van der Waals surface area contributed by atoms with Crippen LogP contribution in [0.25, 0.3) is 5.83 Å². The van der Waals surface area contributed by atoms with Gasteiger partial charge in [-0.1, -0.05) is 46.9 Å². The molecule has 196 valence electrons. The first kappa shape index (κ1) is 28.7. The summed E-state index contributed by atoms with van der Waals surface area (Å²) in [5, 5.41) is 1.57. The molecule has 1 aromatic heterocycles. The summed E-state index contributed by atoms with van der Waals surface area (Å²) in [6.07, 6.45) is -7.42. The lowest BCUT2D eigenvalue weighted by molar-refractivity contribution is -0.140. The van der Waals surface area contributed by atoms with E-state index in [2.05, 4.69) is 15.3 Å². The van der Waals surface area contributed by atoms with Crippen molar-refractivity contribution in [1.82, 2.24) is 9.97 Å². The smallest absolute Gasteiger partial charge is 0.347 e. The Labute approximate surface area is 220 Å². The van der Waals surface area contributed by atoms with Gasteiger partial charge in [0, 0.05) is 23.5 Å². The molecule has 0 saturated heterocycles. The van der Waals surface area contributed by atoms with Crippen LogP contribution < -0.4 is 5.32 Å². The number of carbonyl (C=O) groups is 1. The highest BCUT2D eigenvalue weighted by Gasteiger charge is 2.41. The first-order chi connectivity index (χ1) is 17.2. The maximum absolute atomic E-state index is 14.9. The number of ketones is 1. The van der Waals surface area contributed by atoms with Gasteiger partial charge >= 0.3 is 12.4 Å². The quantitative estimate of drug-likeness (QED) is 0.172. The topological polar surface area (TPSA) is 54.9 Å². The number of rotatable bonds is 7. The Bertz CT molecular complexity index is 1310. The van der Waals surface area contributed by atoms with Crippen molar-refractivity contribution in [2.24, 2.45) is 0 Å². The van der Waals surface area contributed by atoms with Gasteiger partial charge < -0.3 is 5.32 Å². The number of anilines is 1. The van der Waals surface area contributed by atoms with E-state index < -0.39 is 58.7 Å². The minimum absolute atomic E-state index is 0.0180. The molecule has 37 heavy (non-hydrogen) atoms. The molecule has 2 aromatic carbocycles. The van der Waals surface area contributed by atoms with Crippen molar-refractivity contribution in [1.29, 1.82) is 0 Å². The molecule has 0 amide bonds. The number of nitrogens with zero attached hydrogens (tertiary/aromatic N) is 2. The maximum atomic E-state index is 14.9. The van der Waals surface area contributed by atoms with Gasteiger partial charge in [-0.05, 0) is 35.9 Å². The zero-order valence-electron chi connectivity index (χ0n) is 18.1. The summed E-state index contributed by atoms with van der Waals surface area (Å²) < 4.78 is 97.2. The van der Waals surface area contributed by atoms with Crippen molar-refractivity contribution in [3.63, 3.8) is 0 Å². The lowest BCUT2D eigenvalue weighted by Crippen LogP contribution is -2.20. The fraction of sp³-hybridized carbons (Fsp3) is 0.174. The van der Waals surface area contributed by atoms with Crippen LogP contribution >= 0.6 is 34.8 Å². The molecule has 0 radical (unpaired) electrons. The molecule has 14 heteroatoms. The van der Waals surface area contributed by atoms with Crippen LogP contribution in [0.1, 0.15) is 33.0 Å². The van der Waals surface area contributed by atoms with Crippen LogP contribution in [0.4, 0.5) is 36.7 Å². The third kappa shape index (κ3) is 7.12. The Kier molecular flexibility index (Phi) is 8.71. The molecular formula is C23H13Cl3F7N3O. The molecule has 1 N–H and O–H groups in total. The van der Waals surface area contributed by atoms with Gasteiger partial charge in [0.1, 0.15) is 11.7 Å². The van der Waals surface area contributed by atoms with Gasteiger partial charge in [0.2, 0.25) is 5.95 Å². The van der Waals surface area contributed by atoms with E-state index >= 15 is 0 Å². The van der Waals surface area contributed by atoms with E-state index in [9.17, 15) is 35.5 Å². The van der Waals surface area contributed by atoms with E-state index in [0.29, 0.717) is 6.07 Å². The number of aromatic nitrogens is 2. The lowest BCUT2D eigenvalue weighted by atomic mass is 9.95. The molecule has 0 aliphatic heterocycles. The summed E-state index contributed by atoms with van der Waals surface area (Å²) in [5.41, 5.74) is -3.77. The second-order valence-electron chi connectivity index (χ2n) is 7.44. The fourth-order valence-electron chi connectivity index (χ4n) is 3.19. The lowest BCUT2D eigenvalue weighted by Gasteiger charge is -2.19. The molecule has 1 heterocycles. The standard InChI is InChI=1S/C23H13Cl3F7N3O/c24-16-7-12(8-17(25)20(16)26)14(22(28,29)30)9-18(27)11-2-3-13(15(6-11)23(31,32)33)19(37)10-36-21-34-4-1-5-35-21/h1-9,14H,10H2,(H,34,35,36)/b18-9-/t14-/m1/s1. The average Bonchev–Trinajstić information content (AvgIpc) is 2.83. The van der Waals surface area contributed by atoms with Crippen molar-refractivity contribution in [2.75, 3.05) is 11.9 Å². The second-order valence-corrected chi connectivity index (χ2v) is 8.63. The highest BCUT2D eigenvalue weighted by atomic mass is 35.5. The molecule has 1 atom stereocenters. The molecule has 0 bridgehead atoms. The Morgan fingerprint density at radius 1 is 0.973 bits per heavy atom. The first-order valence-electron chi connectivity index (χ1n) is 10.0. The van der Waals surface area contributed by atoms with Gasteiger partial charge in [-0.15, -0.1) is 0 Å². The number of benzene rings is 2. The van der Waals surface area contributed by atoms with Crippen molar-refractivity contribution in [2.45, 2.75) is 18.3 Å². The average molecular weight is 587 g/mol. The minimum atomic E-state index is -5.12. The van der Waals surface area contributed by atoms with E-state index in [-0.39, 0.29) is 33.2 Å². The van der Waals surface area contributed by atoms with Crippen molar-refractivity contribution >= 4 is 52.4 Å². The highest BCUT2D eigenvalue weighted by Crippen LogP contribution is 2.42. The molecule has 0 spiro atoms. The van der Waals surface area contributed by atoms with E-state index in [1.165, 1.54) is 18.5 Å². The van der Waals surface area contributed by atoms with Crippen molar-refractivity contribution in [3.8, 4) is 0 Å². The van der Waals surface area contributed by atoms with E-state index in [4.69, 9.17) is 34.8 Å². The molecule has 0 aliphatic rings. The Morgan fingerprint density at radius 3 is 2.11 bits per heavy atom. The van der Waals surface area contributed by atoms with Gasteiger partial charge in [-0.25, -0.2) is 14.4 Å². The predicted octanol–water partition coefficient (Wildman–Crippen LogP) is 8.41. The van der Waals surface area contributed by atoms with Crippen molar-refractivity contribution in [3.05, 3.63) is 92.2 Å². The van der Waals surface area contributed by atoms with E-state index in [1.54, 1.807) is 0 Å². The predicted molar refractivity (Wildman–Crippen MR) is 126 cm³/mol. The van der Waals surface area contributed by atoms with Crippen molar-refractivity contribution < 1.29 is 35.5 Å². The Morgan fingerprint density at radius 2 is 1.57 bits per heavy atom. The summed E-state index contributed by atoms with van der Waals surface area (Å²) in [6.45, 7) is -0.626. The van der Waals surface area contributed by atoms with Crippen LogP contribution in [-0.2, 0) is 6.18 Å². The summed E-state index contributed by atoms with van der Waals surface area (Å²) in [4.78, 5) is 20.0. The minimum Gasteiger partial charge on any atom is -0.347 e. The summed E-state index contributed by atoms with van der Waals surface area (Å²) in [7, 11) is 0. The van der Waals surface area contributed by atoms with Crippen LogP contribution in [0.5, 0.6) is 0 Å². The van der Waals surface area contributed by atoms with E-state index in [0.717, 1.165) is 18.2 Å². The van der Waals surface area contributed by atoms with Crippen LogP contribution in [0.2, 0.25) is 15.1 Å². The van der Waals surface area contributed by atoms with Crippen LogP contribution in [-0.4, -0.2) is 28.5 Å². The monoisotopic (exact) mass is 585 g/mol. The number of allylic oxidation sites excluding steroid dienone is 1. The molecule has 0 unspecified atom stereocenters. The number of hydrogen-bond acceptors (Lipinski definition) is 4. The van der Waals surface area contributed by atoms with Gasteiger partial charge in [0.25, 0.3) is 0 Å². The van der Waals surface area contributed by atoms with Gasteiger partial charge in [0.05, 0.1) is 27.2 Å². The maximum Gasteiger partial charge on any atom is 0.417 e. The number of hydrogen-bond donors (Lipinski definition) is 1. The zero-order chi connectivity index (χ0) is 27.5. The first-order valence-corrected chi connectivity index (χ1v) is 11.2. The number of halogens is 10. The molecule has 3 aromatic rings. The highest BCUT2D eigenvalue weighted by molar-refractivity contribution is 6.48. The van der Waals surface area contributed by atoms with Crippen LogP contribution in [0.3, 0.4) is 0 Å². The molecule has 4 nitrogen and oxygen atoms in total. The number of alkyl halides is 6. The number of nitrogens with one attached hydrogen (secondary N) is 1. The normalized spacial score (nSPS) is 13.4. The molecule has 0 aliphatic carbocycles. The Hall–Kier alpha value is -2.89. The van der Waals surface area contributed by atoms with Crippen LogP contribution in [0.15, 0.2) is 54.9 Å². The third-order valence-corrected chi connectivity index (χ3v) is 6.10. The zero-order valence-corrected chi connectivity index (χ0v) is 20.3. The fourth-order valence-corrected chi connectivity index (χ4v) is 3.81. The van der Waals surface area contributed by atoms with Gasteiger partial charge in [-0.2, -0.15) is 26.3 Å². The second kappa shape index (κ2) is 11.2. The van der Waals surface area contributed by atoms with Crippen LogP contribution in [0, 0.1) is 0 Å². The number of carbonyl (C=O) groups excluding carboxylic acids is 1. The van der Waals surface area contributed by atoms with E-state index in [1.807, 2.05) is 0 Å².